The number of carboxylic acid groups (broad SMARTS) is 1. The van der Waals surface area contributed by atoms with Crippen molar-refractivity contribution in [2.75, 3.05) is 39.3 Å². The lowest BCUT2D eigenvalue weighted by Gasteiger charge is -2.46. The molecule has 2 fully saturated rings. The van der Waals surface area contributed by atoms with Gasteiger partial charge in [-0.05, 0) is 31.3 Å². The fourth-order valence-electron chi connectivity index (χ4n) is 3.62. The first-order valence-electron chi connectivity index (χ1n) is 7.75. The van der Waals surface area contributed by atoms with E-state index in [1.165, 1.54) is 0 Å². The standard InChI is InChI=1S/C15H28N2O3/c1-4-16-8-9-20-12(10-16)11-17-7-5-6-15(2,3)13(17)14(18)19/h12-13H,4-11H2,1-3H3,(H,18,19). The van der Waals surface area contributed by atoms with Crippen LogP contribution in [0, 0.1) is 5.41 Å². The minimum atomic E-state index is -0.696. The lowest BCUT2D eigenvalue weighted by molar-refractivity contribution is -0.153. The lowest BCUT2D eigenvalue weighted by atomic mass is 9.76. The molecule has 2 aliphatic heterocycles. The van der Waals surface area contributed by atoms with Crippen LogP contribution in [0.15, 0.2) is 0 Å². The van der Waals surface area contributed by atoms with Crippen molar-refractivity contribution in [2.45, 2.75) is 45.8 Å². The van der Waals surface area contributed by atoms with Crippen molar-refractivity contribution in [3.05, 3.63) is 0 Å². The first kappa shape index (κ1) is 15.7. The second-order valence-electron chi connectivity index (χ2n) is 6.71. The Kier molecular flexibility index (Phi) is 5.04. The average Bonchev–Trinajstić information content (AvgIpc) is 2.37. The zero-order chi connectivity index (χ0) is 14.8. The van der Waals surface area contributed by atoms with Gasteiger partial charge in [-0.2, -0.15) is 0 Å². The van der Waals surface area contributed by atoms with E-state index >= 15 is 0 Å². The van der Waals surface area contributed by atoms with Crippen molar-refractivity contribution < 1.29 is 14.6 Å². The van der Waals surface area contributed by atoms with Crippen molar-refractivity contribution in [1.82, 2.24) is 9.80 Å². The molecule has 5 heteroatoms. The molecule has 0 aromatic carbocycles. The predicted molar refractivity (Wildman–Crippen MR) is 77.9 cm³/mol. The summed E-state index contributed by atoms with van der Waals surface area (Å²) in [6.07, 6.45) is 2.19. The molecule has 2 rings (SSSR count). The number of hydrogen-bond donors (Lipinski definition) is 1. The summed E-state index contributed by atoms with van der Waals surface area (Å²) in [5.74, 6) is -0.696. The Balaban J connectivity index is 2.01. The zero-order valence-corrected chi connectivity index (χ0v) is 13.0. The molecule has 20 heavy (non-hydrogen) atoms. The maximum absolute atomic E-state index is 11.6. The summed E-state index contributed by atoms with van der Waals surface area (Å²) in [5, 5.41) is 9.58. The van der Waals surface area contributed by atoms with E-state index in [1.54, 1.807) is 0 Å². The summed E-state index contributed by atoms with van der Waals surface area (Å²) in [6, 6.07) is -0.392. The molecule has 5 nitrogen and oxygen atoms in total. The number of hydrogen-bond acceptors (Lipinski definition) is 4. The van der Waals surface area contributed by atoms with Crippen LogP contribution in [0.4, 0.5) is 0 Å². The van der Waals surface area contributed by atoms with Crippen LogP contribution < -0.4 is 0 Å². The van der Waals surface area contributed by atoms with E-state index in [0.717, 1.165) is 52.2 Å². The first-order valence-corrected chi connectivity index (χ1v) is 7.75. The summed E-state index contributed by atoms with van der Waals surface area (Å²) in [7, 11) is 0. The molecule has 2 atom stereocenters. The third-order valence-corrected chi connectivity index (χ3v) is 4.71. The predicted octanol–water partition coefficient (Wildman–Crippen LogP) is 1.28. The number of nitrogens with zero attached hydrogens (tertiary/aromatic N) is 2. The van der Waals surface area contributed by atoms with Crippen LogP contribution in [-0.2, 0) is 9.53 Å². The number of morpholine rings is 1. The largest absolute Gasteiger partial charge is 0.480 e. The summed E-state index contributed by atoms with van der Waals surface area (Å²) in [6.45, 7) is 11.6. The molecule has 2 aliphatic rings. The maximum Gasteiger partial charge on any atom is 0.321 e. The van der Waals surface area contributed by atoms with Gasteiger partial charge in [-0.1, -0.05) is 20.8 Å². The second-order valence-corrected chi connectivity index (χ2v) is 6.71. The van der Waals surface area contributed by atoms with Crippen LogP contribution in [-0.4, -0.2) is 72.4 Å². The molecular weight excluding hydrogens is 256 g/mol. The molecule has 116 valence electrons. The van der Waals surface area contributed by atoms with E-state index in [4.69, 9.17) is 4.74 Å². The Labute approximate surface area is 121 Å². The lowest BCUT2D eigenvalue weighted by Crippen LogP contribution is -2.58. The average molecular weight is 284 g/mol. The number of ether oxygens (including phenoxy) is 1. The fraction of sp³-hybridized carbons (Fsp3) is 0.933. The number of likely N-dealkylation sites (N-methyl/N-ethyl adjacent to an activating group) is 1. The van der Waals surface area contributed by atoms with Crippen LogP contribution in [0.2, 0.25) is 0 Å². The van der Waals surface area contributed by atoms with Crippen molar-refractivity contribution in [3.63, 3.8) is 0 Å². The van der Waals surface area contributed by atoms with Gasteiger partial charge >= 0.3 is 5.97 Å². The second kappa shape index (κ2) is 6.41. The molecule has 0 saturated carbocycles. The maximum atomic E-state index is 11.6. The van der Waals surface area contributed by atoms with Crippen molar-refractivity contribution in [3.8, 4) is 0 Å². The molecule has 2 heterocycles. The Hall–Kier alpha value is -0.650. The van der Waals surface area contributed by atoms with Gasteiger partial charge in [0.25, 0.3) is 0 Å². The smallest absolute Gasteiger partial charge is 0.321 e. The molecule has 0 bridgehead atoms. The van der Waals surface area contributed by atoms with Gasteiger partial charge in [-0.15, -0.1) is 0 Å². The van der Waals surface area contributed by atoms with E-state index < -0.39 is 12.0 Å². The number of carboxylic acids is 1. The normalized spacial score (nSPS) is 32.1. The molecule has 0 amide bonds. The fourth-order valence-corrected chi connectivity index (χ4v) is 3.62. The molecular formula is C15H28N2O3. The third-order valence-electron chi connectivity index (χ3n) is 4.71. The van der Waals surface area contributed by atoms with Gasteiger partial charge in [-0.3, -0.25) is 14.6 Å². The Bertz CT molecular complexity index is 346. The van der Waals surface area contributed by atoms with E-state index in [2.05, 4.69) is 30.6 Å². The first-order chi connectivity index (χ1) is 9.44. The van der Waals surface area contributed by atoms with Crippen LogP contribution in [0.25, 0.3) is 0 Å². The van der Waals surface area contributed by atoms with Crippen LogP contribution >= 0.6 is 0 Å². The Morgan fingerprint density at radius 1 is 1.40 bits per heavy atom. The van der Waals surface area contributed by atoms with Gasteiger partial charge in [-0.25, -0.2) is 0 Å². The molecule has 0 aromatic heterocycles. The minimum Gasteiger partial charge on any atom is -0.480 e. The molecule has 0 aromatic rings. The topological polar surface area (TPSA) is 53.0 Å². The SMILES string of the molecule is CCN1CCOC(CN2CCCC(C)(C)C2C(=O)O)C1. The third kappa shape index (κ3) is 3.51. The van der Waals surface area contributed by atoms with E-state index in [1.807, 2.05) is 0 Å². The van der Waals surface area contributed by atoms with Gasteiger partial charge in [0.2, 0.25) is 0 Å². The summed E-state index contributed by atoms with van der Waals surface area (Å²) in [4.78, 5) is 16.1. The zero-order valence-electron chi connectivity index (χ0n) is 13.0. The molecule has 0 aliphatic carbocycles. The summed E-state index contributed by atoms with van der Waals surface area (Å²) in [5.41, 5.74) is -0.163. The number of piperidine rings is 1. The number of aliphatic carboxylic acids is 1. The Morgan fingerprint density at radius 3 is 2.80 bits per heavy atom. The van der Waals surface area contributed by atoms with Gasteiger partial charge in [0.15, 0.2) is 0 Å². The number of carbonyl (C=O) groups is 1. The van der Waals surface area contributed by atoms with Crippen LogP contribution in [0.1, 0.15) is 33.6 Å². The van der Waals surface area contributed by atoms with Gasteiger partial charge < -0.3 is 9.84 Å². The van der Waals surface area contributed by atoms with Crippen LogP contribution in [0.5, 0.6) is 0 Å². The van der Waals surface area contributed by atoms with Crippen LogP contribution in [0.3, 0.4) is 0 Å². The minimum absolute atomic E-state index is 0.138. The van der Waals surface area contributed by atoms with Crippen molar-refractivity contribution >= 4 is 5.97 Å². The highest BCUT2D eigenvalue weighted by atomic mass is 16.5. The summed E-state index contributed by atoms with van der Waals surface area (Å²) >= 11 is 0. The number of likely N-dealkylation sites (tertiary alicyclic amines) is 1. The number of rotatable bonds is 4. The van der Waals surface area contributed by atoms with Crippen molar-refractivity contribution in [2.24, 2.45) is 5.41 Å². The van der Waals surface area contributed by atoms with Gasteiger partial charge in [0.05, 0.1) is 12.7 Å². The Morgan fingerprint density at radius 2 is 2.15 bits per heavy atom. The summed E-state index contributed by atoms with van der Waals surface area (Å²) < 4.78 is 5.83. The quantitative estimate of drug-likeness (QED) is 0.843. The highest BCUT2D eigenvalue weighted by Gasteiger charge is 2.43. The van der Waals surface area contributed by atoms with Gasteiger partial charge in [0.1, 0.15) is 6.04 Å². The molecule has 0 radical (unpaired) electrons. The molecule has 2 saturated heterocycles. The molecule has 2 unspecified atom stereocenters. The van der Waals surface area contributed by atoms with E-state index in [-0.39, 0.29) is 11.5 Å². The van der Waals surface area contributed by atoms with E-state index in [9.17, 15) is 9.90 Å². The molecule has 1 N–H and O–H groups in total. The molecule has 0 spiro atoms. The monoisotopic (exact) mass is 284 g/mol. The highest BCUT2D eigenvalue weighted by Crippen LogP contribution is 2.35. The highest BCUT2D eigenvalue weighted by molar-refractivity contribution is 5.74. The van der Waals surface area contributed by atoms with Crippen molar-refractivity contribution in [1.29, 1.82) is 0 Å². The van der Waals surface area contributed by atoms with E-state index in [0.29, 0.717) is 0 Å². The van der Waals surface area contributed by atoms with Gasteiger partial charge in [0, 0.05) is 19.6 Å².